The standard InChI is InChI=1S/C13H25NO/c1-11(2)8-14-6-4-13(5-7-14)9-12(3,15)10-13/h11,15H,4-10H2,1-3H3. The molecule has 0 aromatic heterocycles. The number of hydrogen-bond donors (Lipinski definition) is 1. The molecule has 2 aliphatic rings. The van der Waals surface area contributed by atoms with Gasteiger partial charge in [0.05, 0.1) is 5.60 Å². The van der Waals surface area contributed by atoms with Gasteiger partial charge in [-0.3, -0.25) is 0 Å². The van der Waals surface area contributed by atoms with E-state index in [4.69, 9.17) is 0 Å². The van der Waals surface area contributed by atoms with Crippen LogP contribution in [-0.2, 0) is 0 Å². The summed E-state index contributed by atoms with van der Waals surface area (Å²) in [5.74, 6) is 0.781. The van der Waals surface area contributed by atoms with Gasteiger partial charge in [0.15, 0.2) is 0 Å². The topological polar surface area (TPSA) is 23.5 Å². The molecular weight excluding hydrogens is 186 g/mol. The number of aliphatic hydroxyl groups is 1. The summed E-state index contributed by atoms with van der Waals surface area (Å²) in [6.45, 7) is 10.3. The zero-order valence-corrected chi connectivity index (χ0v) is 10.4. The van der Waals surface area contributed by atoms with Gasteiger partial charge < -0.3 is 10.0 Å². The van der Waals surface area contributed by atoms with Gasteiger partial charge in [0.1, 0.15) is 0 Å². The highest BCUT2D eigenvalue weighted by Gasteiger charge is 2.51. The Hall–Kier alpha value is -0.0800. The number of hydrogen-bond acceptors (Lipinski definition) is 2. The minimum Gasteiger partial charge on any atom is -0.390 e. The molecule has 88 valence electrons. The van der Waals surface area contributed by atoms with Crippen molar-refractivity contribution in [2.45, 2.75) is 52.1 Å². The van der Waals surface area contributed by atoms with Crippen LogP contribution in [0.15, 0.2) is 0 Å². The second kappa shape index (κ2) is 3.74. The molecule has 2 heteroatoms. The summed E-state index contributed by atoms with van der Waals surface area (Å²) in [6.07, 6.45) is 4.68. The molecular formula is C13H25NO. The first-order valence-electron chi connectivity index (χ1n) is 6.36. The Labute approximate surface area is 93.7 Å². The lowest BCUT2D eigenvalue weighted by molar-refractivity contribution is -0.137. The van der Waals surface area contributed by atoms with E-state index in [1.165, 1.54) is 32.5 Å². The maximum absolute atomic E-state index is 9.83. The smallest absolute Gasteiger partial charge is 0.0630 e. The van der Waals surface area contributed by atoms with Crippen LogP contribution >= 0.6 is 0 Å². The maximum Gasteiger partial charge on any atom is 0.0630 e. The molecule has 1 N–H and O–H groups in total. The summed E-state index contributed by atoms with van der Waals surface area (Å²) in [7, 11) is 0. The van der Waals surface area contributed by atoms with Crippen molar-refractivity contribution in [2.24, 2.45) is 11.3 Å². The molecule has 0 atom stereocenters. The number of likely N-dealkylation sites (tertiary alicyclic amines) is 1. The zero-order valence-electron chi connectivity index (χ0n) is 10.4. The van der Waals surface area contributed by atoms with Crippen LogP contribution in [0.3, 0.4) is 0 Å². The largest absolute Gasteiger partial charge is 0.390 e. The van der Waals surface area contributed by atoms with Crippen molar-refractivity contribution in [1.82, 2.24) is 4.90 Å². The lowest BCUT2D eigenvalue weighted by atomic mass is 9.56. The van der Waals surface area contributed by atoms with Crippen LogP contribution in [0.4, 0.5) is 0 Å². The highest BCUT2D eigenvalue weighted by atomic mass is 16.3. The predicted octanol–water partition coefficient (Wildman–Crippen LogP) is 2.27. The molecule has 1 saturated heterocycles. The first-order valence-corrected chi connectivity index (χ1v) is 6.36. The fourth-order valence-electron chi connectivity index (χ4n) is 3.64. The van der Waals surface area contributed by atoms with E-state index < -0.39 is 0 Å². The Bertz CT molecular complexity index is 217. The van der Waals surface area contributed by atoms with Crippen LogP contribution in [-0.4, -0.2) is 35.2 Å². The van der Waals surface area contributed by atoms with Gasteiger partial charge in [-0.1, -0.05) is 13.8 Å². The normalized spacial score (nSPS) is 29.4. The quantitative estimate of drug-likeness (QED) is 0.757. The minimum absolute atomic E-state index is 0.347. The van der Waals surface area contributed by atoms with Crippen LogP contribution in [0.25, 0.3) is 0 Å². The molecule has 1 heterocycles. The molecule has 0 unspecified atom stereocenters. The number of piperidine rings is 1. The second-order valence-electron chi connectivity index (χ2n) is 6.54. The monoisotopic (exact) mass is 211 g/mol. The summed E-state index contributed by atoms with van der Waals surface area (Å²) in [4.78, 5) is 2.59. The number of nitrogens with zero attached hydrogens (tertiary/aromatic N) is 1. The van der Waals surface area contributed by atoms with Crippen molar-refractivity contribution in [3.8, 4) is 0 Å². The van der Waals surface area contributed by atoms with E-state index in [0.29, 0.717) is 5.41 Å². The van der Waals surface area contributed by atoms with Gasteiger partial charge in [-0.2, -0.15) is 0 Å². The summed E-state index contributed by atoms with van der Waals surface area (Å²) in [5.41, 5.74) is 0.164. The summed E-state index contributed by atoms with van der Waals surface area (Å²) < 4.78 is 0. The fourth-order valence-corrected chi connectivity index (χ4v) is 3.64. The Balaban J connectivity index is 1.78. The van der Waals surface area contributed by atoms with E-state index >= 15 is 0 Å². The lowest BCUT2D eigenvalue weighted by Crippen LogP contribution is -2.55. The van der Waals surface area contributed by atoms with Crippen molar-refractivity contribution in [3.63, 3.8) is 0 Å². The SMILES string of the molecule is CC(C)CN1CCC2(CC1)CC(C)(O)C2. The molecule has 1 aliphatic heterocycles. The van der Waals surface area contributed by atoms with Crippen LogP contribution < -0.4 is 0 Å². The van der Waals surface area contributed by atoms with Gasteiger partial charge in [0, 0.05) is 6.54 Å². The Morgan fingerprint density at radius 2 is 1.73 bits per heavy atom. The van der Waals surface area contributed by atoms with Crippen molar-refractivity contribution < 1.29 is 5.11 Å². The van der Waals surface area contributed by atoms with E-state index in [-0.39, 0.29) is 5.60 Å². The highest BCUT2D eigenvalue weighted by molar-refractivity contribution is 5.03. The van der Waals surface area contributed by atoms with E-state index in [0.717, 1.165) is 18.8 Å². The van der Waals surface area contributed by atoms with Gasteiger partial charge in [0.2, 0.25) is 0 Å². The minimum atomic E-state index is -0.347. The van der Waals surface area contributed by atoms with Crippen molar-refractivity contribution >= 4 is 0 Å². The molecule has 0 aromatic rings. The molecule has 15 heavy (non-hydrogen) atoms. The van der Waals surface area contributed by atoms with Gasteiger partial charge >= 0.3 is 0 Å². The van der Waals surface area contributed by atoms with Gasteiger partial charge in [0.25, 0.3) is 0 Å². The summed E-state index contributed by atoms with van der Waals surface area (Å²) in [5, 5.41) is 9.83. The second-order valence-corrected chi connectivity index (χ2v) is 6.54. The molecule has 1 saturated carbocycles. The lowest BCUT2D eigenvalue weighted by Gasteiger charge is -2.55. The zero-order chi connectivity index (χ0) is 11.1. The Morgan fingerprint density at radius 3 is 2.13 bits per heavy atom. The molecule has 2 fully saturated rings. The Kier molecular flexibility index (Phi) is 2.85. The average molecular weight is 211 g/mol. The third kappa shape index (κ3) is 2.54. The number of rotatable bonds is 2. The van der Waals surface area contributed by atoms with E-state index in [9.17, 15) is 5.11 Å². The van der Waals surface area contributed by atoms with Gasteiger partial charge in [-0.05, 0) is 57.0 Å². The molecule has 0 bridgehead atoms. The van der Waals surface area contributed by atoms with E-state index in [1.54, 1.807) is 0 Å². The first-order chi connectivity index (χ1) is 6.91. The summed E-state index contributed by atoms with van der Waals surface area (Å²) >= 11 is 0. The Morgan fingerprint density at radius 1 is 1.20 bits per heavy atom. The first kappa shape index (κ1) is 11.4. The van der Waals surface area contributed by atoms with E-state index in [2.05, 4.69) is 18.7 Å². The van der Waals surface area contributed by atoms with Crippen LogP contribution in [0.5, 0.6) is 0 Å². The third-order valence-electron chi connectivity index (χ3n) is 4.05. The molecule has 2 nitrogen and oxygen atoms in total. The highest BCUT2D eigenvalue weighted by Crippen LogP contribution is 2.54. The summed E-state index contributed by atoms with van der Waals surface area (Å²) in [6, 6.07) is 0. The van der Waals surface area contributed by atoms with Crippen molar-refractivity contribution in [1.29, 1.82) is 0 Å². The third-order valence-corrected chi connectivity index (χ3v) is 4.05. The van der Waals surface area contributed by atoms with Crippen LogP contribution in [0.2, 0.25) is 0 Å². The van der Waals surface area contributed by atoms with Gasteiger partial charge in [-0.15, -0.1) is 0 Å². The van der Waals surface area contributed by atoms with Crippen molar-refractivity contribution in [3.05, 3.63) is 0 Å². The van der Waals surface area contributed by atoms with Gasteiger partial charge in [-0.25, -0.2) is 0 Å². The predicted molar refractivity (Wildman–Crippen MR) is 62.8 cm³/mol. The average Bonchev–Trinajstić information content (AvgIpc) is 2.05. The molecule has 1 aliphatic carbocycles. The van der Waals surface area contributed by atoms with Crippen LogP contribution in [0.1, 0.15) is 46.5 Å². The van der Waals surface area contributed by atoms with E-state index in [1.807, 2.05) is 6.92 Å². The van der Waals surface area contributed by atoms with Crippen LogP contribution in [0, 0.1) is 11.3 Å². The molecule has 0 aromatic carbocycles. The molecule has 2 rings (SSSR count). The van der Waals surface area contributed by atoms with Crippen molar-refractivity contribution in [2.75, 3.05) is 19.6 Å². The fraction of sp³-hybridized carbons (Fsp3) is 1.00. The molecule has 1 spiro atoms. The maximum atomic E-state index is 9.83. The molecule has 0 amide bonds. The molecule has 0 radical (unpaired) electrons.